The smallest absolute Gasteiger partial charge is 0.306 e. The minimum atomic E-state index is -0.456. The van der Waals surface area contributed by atoms with E-state index in [1.807, 2.05) is 6.08 Å². The van der Waals surface area contributed by atoms with Crippen molar-refractivity contribution < 1.29 is 19.7 Å². The second kappa shape index (κ2) is 6.53. The first-order valence-electron chi connectivity index (χ1n) is 7.35. The zero-order valence-electron chi connectivity index (χ0n) is 11.5. The fourth-order valence-corrected chi connectivity index (χ4v) is 3.14. The molecule has 0 bridgehead atoms. The molecule has 5 atom stereocenters. The monoisotopic (exact) mass is 268 g/mol. The second-order valence-electron chi connectivity index (χ2n) is 5.72. The number of ether oxygens (including phenoxy) is 1. The zero-order valence-corrected chi connectivity index (χ0v) is 11.5. The van der Waals surface area contributed by atoms with Gasteiger partial charge in [0.2, 0.25) is 0 Å². The Morgan fingerprint density at radius 1 is 1.47 bits per heavy atom. The van der Waals surface area contributed by atoms with Gasteiger partial charge in [0.1, 0.15) is 6.10 Å². The summed E-state index contributed by atoms with van der Waals surface area (Å²) in [5.41, 5.74) is 0. The Bertz CT molecular complexity index is 339. The van der Waals surface area contributed by atoms with E-state index in [0.717, 1.165) is 25.7 Å². The van der Waals surface area contributed by atoms with Crippen LogP contribution in [-0.4, -0.2) is 34.5 Å². The van der Waals surface area contributed by atoms with Crippen LogP contribution in [0.5, 0.6) is 0 Å². The number of rotatable bonds is 6. The van der Waals surface area contributed by atoms with Crippen molar-refractivity contribution in [3.63, 3.8) is 0 Å². The molecule has 4 nitrogen and oxygen atoms in total. The van der Waals surface area contributed by atoms with Gasteiger partial charge in [0.05, 0.1) is 18.6 Å². The number of carbonyl (C=O) groups is 1. The van der Waals surface area contributed by atoms with Crippen LogP contribution in [0.15, 0.2) is 12.2 Å². The molecule has 108 valence electrons. The number of unbranched alkanes of at least 4 members (excludes halogenated alkanes) is 2. The summed E-state index contributed by atoms with van der Waals surface area (Å²) in [5.74, 6) is -0.136. The van der Waals surface area contributed by atoms with Gasteiger partial charge in [0.15, 0.2) is 0 Å². The van der Waals surface area contributed by atoms with E-state index in [0.29, 0.717) is 12.8 Å². The van der Waals surface area contributed by atoms with Crippen molar-refractivity contribution in [2.75, 3.05) is 0 Å². The Morgan fingerprint density at radius 3 is 3.00 bits per heavy atom. The maximum atomic E-state index is 11.2. The van der Waals surface area contributed by atoms with E-state index in [1.54, 1.807) is 6.08 Å². The van der Waals surface area contributed by atoms with E-state index >= 15 is 0 Å². The Morgan fingerprint density at radius 2 is 2.26 bits per heavy atom. The molecule has 2 rings (SSSR count). The number of hydrogen-bond acceptors (Lipinski definition) is 4. The molecule has 1 saturated carbocycles. The third-order valence-electron chi connectivity index (χ3n) is 4.23. The van der Waals surface area contributed by atoms with Crippen molar-refractivity contribution >= 4 is 5.97 Å². The molecule has 0 aromatic carbocycles. The summed E-state index contributed by atoms with van der Waals surface area (Å²) in [6, 6.07) is 0. The van der Waals surface area contributed by atoms with Gasteiger partial charge in [-0.25, -0.2) is 0 Å². The minimum absolute atomic E-state index is 0.0581. The number of hydrogen-bond donors (Lipinski definition) is 2. The standard InChI is InChI=1S/C15H24O4/c1-2-3-4-5-10(16)6-7-11-12-8-15(18)19-14(12)9-13(11)17/h6-7,10-14,16-17H,2-5,8-9H2,1H3/b7-6+/t10-,11+,12+,13-,14+/m0/s1. The fourth-order valence-electron chi connectivity index (χ4n) is 3.14. The van der Waals surface area contributed by atoms with Crippen molar-refractivity contribution in [1.29, 1.82) is 0 Å². The molecule has 1 aliphatic carbocycles. The third kappa shape index (κ3) is 3.57. The fraction of sp³-hybridized carbons (Fsp3) is 0.800. The molecule has 0 spiro atoms. The maximum Gasteiger partial charge on any atom is 0.306 e. The van der Waals surface area contributed by atoms with E-state index in [-0.39, 0.29) is 23.9 Å². The first-order chi connectivity index (χ1) is 9.11. The Balaban J connectivity index is 1.85. The highest BCUT2D eigenvalue weighted by Crippen LogP contribution is 2.42. The van der Waals surface area contributed by atoms with Crippen molar-refractivity contribution in [2.45, 2.75) is 63.8 Å². The van der Waals surface area contributed by atoms with Gasteiger partial charge in [-0.1, -0.05) is 38.3 Å². The molecular formula is C15H24O4. The zero-order chi connectivity index (χ0) is 13.8. The molecule has 0 radical (unpaired) electrons. The van der Waals surface area contributed by atoms with E-state index in [1.165, 1.54) is 0 Å². The van der Waals surface area contributed by atoms with E-state index in [9.17, 15) is 15.0 Å². The molecule has 19 heavy (non-hydrogen) atoms. The van der Waals surface area contributed by atoms with Crippen LogP contribution in [0, 0.1) is 11.8 Å². The predicted molar refractivity (Wildman–Crippen MR) is 71.4 cm³/mol. The van der Waals surface area contributed by atoms with E-state index in [4.69, 9.17) is 4.74 Å². The SMILES string of the molecule is CCCCC[C@H](O)/C=C/[C@@H]1[C@H]2CC(=O)O[C@@H]2C[C@@H]1O. The topological polar surface area (TPSA) is 66.8 Å². The van der Waals surface area contributed by atoms with Crippen LogP contribution in [0.1, 0.15) is 45.4 Å². The van der Waals surface area contributed by atoms with Crippen molar-refractivity contribution in [2.24, 2.45) is 11.8 Å². The number of aliphatic hydroxyl groups excluding tert-OH is 2. The first-order valence-corrected chi connectivity index (χ1v) is 7.35. The van der Waals surface area contributed by atoms with Crippen LogP contribution in [0.3, 0.4) is 0 Å². The van der Waals surface area contributed by atoms with Crippen molar-refractivity contribution in [1.82, 2.24) is 0 Å². The summed E-state index contributed by atoms with van der Waals surface area (Å²) in [7, 11) is 0. The quantitative estimate of drug-likeness (QED) is 0.438. The van der Waals surface area contributed by atoms with Crippen LogP contribution in [0.2, 0.25) is 0 Å². The lowest BCUT2D eigenvalue weighted by Crippen LogP contribution is -2.18. The van der Waals surface area contributed by atoms with Crippen LogP contribution in [0.4, 0.5) is 0 Å². The molecule has 1 saturated heterocycles. The number of carbonyl (C=O) groups excluding carboxylic acids is 1. The highest BCUT2D eigenvalue weighted by molar-refractivity contribution is 5.72. The summed E-state index contributed by atoms with van der Waals surface area (Å²) >= 11 is 0. The Labute approximate surface area is 114 Å². The third-order valence-corrected chi connectivity index (χ3v) is 4.23. The summed E-state index contributed by atoms with van der Waals surface area (Å²) < 4.78 is 5.18. The first kappa shape index (κ1) is 14.5. The Hall–Kier alpha value is -0.870. The number of aliphatic hydroxyl groups is 2. The summed E-state index contributed by atoms with van der Waals surface area (Å²) in [6.45, 7) is 2.13. The molecular weight excluding hydrogens is 244 g/mol. The average Bonchev–Trinajstić information content (AvgIpc) is 2.82. The van der Waals surface area contributed by atoms with Crippen LogP contribution >= 0.6 is 0 Å². The molecule has 2 fully saturated rings. The summed E-state index contributed by atoms with van der Waals surface area (Å²) in [6.07, 6.45) is 7.58. The molecule has 4 heteroatoms. The minimum Gasteiger partial charge on any atom is -0.462 e. The summed E-state index contributed by atoms with van der Waals surface area (Å²) in [4.78, 5) is 11.2. The largest absolute Gasteiger partial charge is 0.462 e. The highest BCUT2D eigenvalue weighted by atomic mass is 16.6. The van der Waals surface area contributed by atoms with Gasteiger partial charge >= 0.3 is 5.97 Å². The van der Waals surface area contributed by atoms with Crippen molar-refractivity contribution in [3.05, 3.63) is 12.2 Å². The van der Waals surface area contributed by atoms with Gasteiger partial charge in [0.25, 0.3) is 0 Å². The maximum absolute atomic E-state index is 11.2. The number of esters is 1. The van der Waals surface area contributed by atoms with Crippen LogP contribution in [-0.2, 0) is 9.53 Å². The molecule has 0 unspecified atom stereocenters. The number of fused-ring (bicyclic) bond motifs is 1. The summed E-state index contributed by atoms with van der Waals surface area (Å²) in [5, 5.41) is 19.8. The molecule has 2 aliphatic rings. The van der Waals surface area contributed by atoms with Gasteiger partial charge in [0, 0.05) is 18.3 Å². The lowest BCUT2D eigenvalue weighted by molar-refractivity contribution is -0.141. The second-order valence-corrected chi connectivity index (χ2v) is 5.72. The van der Waals surface area contributed by atoms with E-state index < -0.39 is 12.2 Å². The molecule has 0 amide bonds. The molecule has 1 heterocycles. The molecule has 0 aromatic heterocycles. The van der Waals surface area contributed by atoms with Crippen LogP contribution in [0.25, 0.3) is 0 Å². The average molecular weight is 268 g/mol. The van der Waals surface area contributed by atoms with Crippen LogP contribution < -0.4 is 0 Å². The molecule has 1 aliphatic heterocycles. The molecule has 2 N–H and O–H groups in total. The van der Waals surface area contributed by atoms with Gasteiger partial charge in [-0.05, 0) is 6.42 Å². The normalized spacial score (nSPS) is 35.6. The van der Waals surface area contributed by atoms with Gasteiger partial charge < -0.3 is 14.9 Å². The highest BCUT2D eigenvalue weighted by Gasteiger charge is 2.48. The lowest BCUT2D eigenvalue weighted by Gasteiger charge is -2.15. The Kier molecular flexibility index (Phi) is 4.99. The van der Waals surface area contributed by atoms with E-state index in [2.05, 4.69) is 6.92 Å². The van der Waals surface area contributed by atoms with Gasteiger partial charge in [-0.2, -0.15) is 0 Å². The lowest BCUT2D eigenvalue weighted by atomic mass is 9.91. The van der Waals surface area contributed by atoms with Gasteiger partial charge in [-0.3, -0.25) is 4.79 Å². The molecule has 0 aromatic rings. The predicted octanol–water partition coefficient (Wildman–Crippen LogP) is 1.80. The van der Waals surface area contributed by atoms with Gasteiger partial charge in [-0.15, -0.1) is 0 Å². The van der Waals surface area contributed by atoms with Crippen molar-refractivity contribution in [3.8, 4) is 0 Å².